The molecule has 150 valence electrons. The van der Waals surface area contributed by atoms with Crippen LogP contribution in [0.25, 0.3) is 0 Å². The van der Waals surface area contributed by atoms with Gasteiger partial charge in [-0.15, -0.1) is 0 Å². The summed E-state index contributed by atoms with van der Waals surface area (Å²) in [7, 11) is 0. The first kappa shape index (κ1) is 19.3. The molecule has 3 aliphatic rings. The molecule has 0 saturated heterocycles. The van der Waals surface area contributed by atoms with E-state index < -0.39 is 0 Å². The van der Waals surface area contributed by atoms with Crippen molar-refractivity contribution >= 4 is 0 Å². The van der Waals surface area contributed by atoms with E-state index in [0.29, 0.717) is 29.7 Å². The maximum Gasteiger partial charge on any atom is 0.115 e. The average Bonchev–Trinajstić information content (AvgIpc) is 3.00. The standard InChI is InChI=1S/C24H37NO2/c1-24-13-12-20-19-9-7-18(27)16-17(19)6-8-21(20)22(24)10-11-23(24)25-14-4-2-3-5-15-26/h7,9,16,20-23,25-27H,2-6,8,10-15H2,1H3/t20-,21+,22+,23+,24-/m1/s1. The Morgan fingerprint density at radius 2 is 1.93 bits per heavy atom. The first-order chi connectivity index (χ1) is 13.1. The van der Waals surface area contributed by atoms with Crippen LogP contribution in [0, 0.1) is 17.3 Å². The quantitative estimate of drug-likeness (QED) is 0.606. The molecule has 2 fully saturated rings. The lowest BCUT2D eigenvalue weighted by Gasteiger charge is -2.51. The molecule has 1 aromatic carbocycles. The van der Waals surface area contributed by atoms with Gasteiger partial charge in [-0.05, 0) is 104 Å². The van der Waals surface area contributed by atoms with Crippen molar-refractivity contribution in [3.63, 3.8) is 0 Å². The van der Waals surface area contributed by atoms with E-state index >= 15 is 0 Å². The predicted molar refractivity (Wildman–Crippen MR) is 110 cm³/mol. The SMILES string of the molecule is C[C@@]12CC[C@@H]3c4ccc(O)cc4CC[C@@H]3[C@@H]1CC[C@@H]2NCCCCCCO. The fourth-order valence-electron chi connectivity index (χ4n) is 6.77. The van der Waals surface area contributed by atoms with E-state index in [2.05, 4.69) is 18.3 Å². The second kappa shape index (κ2) is 8.13. The Kier molecular flexibility index (Phi) is 5.80. The highest BCUT2D eigenvalue weighted by Crippen LogP contribution is 2.60. The monoisotopic (exact) mass is 371 g/mol. The Labute approximate surface area is 164 Å². The number of nitrogens with one attached hydrogen (secondary N) is 1. The number of fused-ring (bicyclic) bond motifs is 5. The third kappa shape index (κ3) is 3.65. The van der Waals surface area contributed by atoms with Crippen LogP contribution in [0.3, 0.4) is 0 Å². The molecule has 3 aliphatic carbocycles. The number of phenolic OH excluding ortho intramolecular Hbond substituents is 1. The van der Waals surface area contributed by atoms with Crippen molar-refractivity contribution in [2.75, 3.05) is 13.2 Å². The molecule has 0 heterocycles. The van der Waals surface area contributed by atoms with Crippen molar-refractivity contribution in [1.82, 2.24) is 5.32 Å². The Hall–Kier alpha value is -1.06. The molecule has 0 aliphatic heterocycles. The Bertz CT molecular complexity index is 645. The first-order valence-electron chi connectivity index (χ1n) is 11.3. The van der Waals surface area contributed by atoms with Crippen molar-refractivity contribution in [2.45, 2.75) is 83.1 Å². The van der Waals surface area contributed by atoms with Crippen LogP contribution < -0.4 is 5.32 Å². The van der Waals surface area contributed by atoms with Gasteiger partial charge in [-0.2, -0.15) is 0 Å². The number of aliphatic hydroxyl groups excluding tert-OH is 1. The third-order valence-corrected chi connectivity index (χ3v) is 8.19. The van der Waals surface area contributed by atoms with Crippen molar-refractivity contribution in [3.05, 3.63) is 29.3 Å². The lowest BCUT2D eigenvalue weighted by molar-refractivity contribution is 0.0412. The molecule has 3 heteroatoms. The van der Waals surface area contributed by atoms with Crippen molar-refractivity contribution in [3.8, 4) is 5.75 Å². The van der Waals surface area contributed by atoms with Crippen LogP contribution in [0.1, 0.15) is 81.8 Å². The second-order valence-corrected chi connectivity index (χ2v) is 9.57. The number of aryl methyl sites for hydroxylation is 1. The molecule has 1 aromatic rings. The lowest BCUT2D eigenvalue weighted by Crippen LogP contribution is -2.48. The molecule has 2 saturated carbocycles. The number of hydrogen-bond acceptors (Lipinski definition) is 3. The number of phenols is 1. The second-order valence-electron chi connectivity index (χ2n) is 9.57. The summed E-state index contributed by atoms with van der Waals surface area (Å²) in [5.74, 6) is 2.82. The van der Waals surface area contributed by atoms with Gasteiger partial charge in [0.1, 0.15) is 5.75 Å². The van der Waals surface area contributed by atoms with E-state index in [0.717, 1.165) is 37.6 Å². The largest absolute Gasteiger partial charge is 0.508 e. The number of aliphatic hydroxyl groups is 1. The molecule has 3 nitrogen and oxygen atoms in total. The fraction of sp³-hybridized carbons (Fsp3) is 0.750. The molecular formula is C24H37NO2. The number of rotatable bonds is 7. The topological polar surface area (TPSA) is 52.5 Å². The first-order valence-corrected chi connectivity index (χ1v) is 11.3. The van der Waals surface area contributed by atoms with Crippen LogP contribution in [-0.2, 0) is 6.42 Å². The van der Waals surface area contributed by atoms with Crippen molar-refractivity contribution in [2.24, 2.45) is 17.3 Å². The van der Waals surface area contributed by atoms with E-state index in [4.69, 9.17) is 5.11 Å². The molecular weight excluding hydrogens is 334 g/mol. The van der Waals surface area contributed by atoms with Crippen LogP contribution in [0.15, 0.2) is 18.2 Å². The maximum absolute atomic E-state index is 9.84. The Balaban J connectivity index is 1.39. The van der Waals surface area contributed by atoms with E-state index in [1.54, 1.807) is 0 Å². The zero-order chi connectivity index (χ0) is 18.9. The van der Waals surface area contributed by atoms with Crippen LogP contribution in [0.4, 0.5) is 0 Å². The summed E-state index contributed by atoms with van der Waals surface area (Å²) in [5, 5.41) is 22.7. The van der Waals surface area contributed by atoms with Crippen molar-refractivity contribution < 1.29 is 10.2 Å². The van der Waals surface area contributed by atoms with Gasteiger partial charge >= 0.3 is 0 Å². The van der Waals surface area contributed by atoms with Gasteiger partial charge in [-0.1, -0.05) is 25.8 Å². The van der Waals surface area contributed by atoms with Gasteiger partial charge in [-0.3, -0.25) is 0 Å². The van der Waals surface area contributed by atoms with Crippen molar-refractivity contribution in [1.29, 1.82) is 0 Å². The van der Waals surface area contributed by atoms with Gasteiger partial charge in [0.25, 0.3) is 0 Å². The highest BCUT2D eigenvalue weighted by Gasteiger charge is 2.54. The van der Waals surface area contributed by atoms with E-state index in [9.17, 15) is 5.11 Å². The molecule has 27 heavy (non-hydrogen) atoms. The van der Waals surface area contributed by atoms with Gasteiger partial charge in [0.05, 0.1) is 0 Å². The molecule has 0 spiro atoms. The average molecular weight is 372 g/mol. The summed E-state index contributed by atoms with van der Waals surface area (Å²) in [6, 6.07) is 6.80. The van der Waals surface area contributed by atoms with Gasteiger partial charge in [-0.25, -0.2) is 0 Å². The minimum atomic E-state index is 0.334. The summed E-state index contributed by atoms with van der Waals surface area (Å²) < 4.78 is 0. The summed E-state index contributed by atoms with van der Waals surface area (Å²) in [5.41, 5.74) is 3.39. The fourth-order valence-corrected chi connectivity index (χ4v) is 6.77. The van der Waals surface area contributed by atoms with E-state index in [1.165, 1.54) is 56.1 Å². The summed E-state index contributed by atoms with van der Waals surface area (Å²) in [6.07, 6.45) is 12.4. The van der Waals surface area contributed by atoms with Gasteiger partial charge in [0.2, 0.25) is 0 Å². The minimum absolute atomic E-state index is 0.334. The number of unbranched alkanes of at least 4 members (excludes halogenated alkanes) is 3. The zero-order valence-electron chi connectivity index (χ0n) is 16.9. The number of aromatic hydroxyl groups is 1. The lowest BCUT2D eigenvalue weighted by atomic mass is 9.55. The minimum Gasteiger partial charge on any atom is -0.508 e. The molecule has 5 atom stereocenters. The third-order valence-electron chi connectivity index (χ3n) is 8.19. The zero-order valence-corrected chi connectivity index (χ0v) is 16.9. The molecule has 0 radical (unpaired) electrons. The molecule has 0 bridgehead atoms. The van der Waals surface area contributed by atoms with Gasteiger partial charge in [0.15, 0.2) is 0 Å². The molecule has 0 unspecified atom stereocenters. The predicted octanol–water partition coefficient (Wildman–Crippen LogP) is 4.76. The Morgan fingerprint density at radius 1 is 1.07 bits per heavy atom. The number of hydrogen-bond donors (Lipinski definition) is 3. The van der Waals surface area contributed by atoms with Gasteiger partial charge in [0, 0.05) is 12.6 Å². The molecule has 0 amide bonds. The highest BCUT2D eigenvalue weighted by molar-refractivity contribution is 5.40. The van der Waals surface area contributed by atoms with Crippen LogP contribution >= 0.6 is 0 Å². The van der Waals surface area contributed by atoms with Crippen LogP contribution in [-0.4, -0.2) is 29.4 Å². The molecule has 3 N–H and O–H groups in total. The molecule has 0 aromatic heterocycles. The van der Waals surface area contributed by atoms with E-state index in [1.807, 2.05) is 12.1 Å². The normalized spacial score (nSPS) is 34.7. The summed E-state index contributed by atoms with van der Waals surface area (Å²) >= 11 is 0. The van der Waals surface area contributed by atoms with E-state index in [-0.39, 0.29) is 0 Å². The smallest absolute Gasteiger partial charge is 0.115 e. The summed E-state index contributed by atoms with van der Waals surface area (Å²) in [6.45, 7) is 4.03. The molecule has 4 rings (SSSR count). The van der Waals surface area contributed by atoms with Gasteiger partial charge < -0.3 is 15.5 Å². The highest BCUT2D eigenvalue weighted by atomic mass is 16.3. The Morgan fingerprint density at radius 3 is 2.78 bits per heavy atom. The van der Waals surface area contributed by atoms with Crippen LogP contribution in [0.2, 0.25) is 0 Å². The summed E-state index contributed by atoms with van der Waals surface area (Å²) in [4.78, 5) is 0. The maximum atomic E-state index is 9.84. The van der Waals surface area contributed by atoms with Crippen LogP contribution in [0.5, 0.6) is 5.75 Å². The number of benzene rings is 1.